The van der Waals surface area contributed by atoms with Crippen molar-refractivity contribution >= 4 is 17.4 Å². The van der Waals surface area contributed by atoms with Crippen LogP contribution >= 0.6 is 0 Å². The lowest BCUT2D eigenvalue weighted by atomic mass is 9.93. The number of nitrogens with zero attached hydrogens (tertiary/aromatic N) is 2. The number of hydrogen-bond acceptors (Lipinski definition) is 7. The van der Waals surface area contributed by atoms with Gasteiger partial charge in [-0.15, -0.1) is 0 Å². The Morgan fingerprint density at radius 1 is 1.06 bits per heavy atom. The van der Waals surface area contributed by atoms with Crippen LogP contribution in [0, 0.1) is 6.92 Å². The van der Waals surface area contributed by atoms with Crippen molar-refractivity contribution in [2.24, 2.45) is 0 Å². The fraction of sp³-hybridized carbons (Fsp3) is 0.429. The van der Waals surface area contributed by atoms with Crippen LogP contribution in [0.3, 0.4) is 0 Å². The van der Waals surface area contributed by atoms with Gasteiger partial charge >= 0.3 is 0 Å². The first-order valence-electron chi connectivity index (χ1n) is 12.4. The Kier molecular flexibility index (Phi) is 8.28. The third kappa shape index (κ3) is 5.39. The number of carbonyl (C=O) groups excluding carboxylic acids is 2. The van der Waals surface area contributed by atoms with Gasteiger partial charge in [0, 0.05) is 31.7 Å². The van der Waals surface area contributed by atoms with Crippen molar-refractivity contribution < 1.29 is 28.9 Å². The minimum Gasteiger partial charge on any atom is -0.507 e. The van der Waals surface area contributed by atoms with Crippen molar-refractivity contribution in [3.63, 3.8) is 0 Å². The van der Waals surface area contributed by atoms with Crippen LogP contribution in [-0.2, 0) is 14.3 Å². The second-order valence-electron chi connectivity index (χ2n) is 8.98. The van der Waals surface area contributed by atoms with Gasteiger partial charge in [-0.1, -0.05) is 12.1 Å². The predicted molar refractivity (Wildman–Crippen MR) is 136 cm³/mol. The van der Waals surface area contributed by atoms with Crippen molar-refractivity contribution in [2.75, 3.05) is 53.1 Å². The second-order valence-corrected chi connectivity index (χ2v) is 8.98. The first-order chi connectivity index (χ1) is 17.4. The first-order valence-corrected chi connectivity index (χ1v) is 12.4. The van der Waals surface area contributed by atoms with Gasteiger partial charge < -0.3 is 24.2 Å². The van der Waals surface area contributed by atoms with Crippen LogP contribution in [-0.4, -0.2) is 79.7 Å². The minimum atomic E-state index is -0.688. The second kappa shape index (κ2) is 11.6. The van der Waals surface area contributed by atoms with Crippen LogP contribution in [0.2, 0.25) is 0 Å². The molecule has 0 bridgehead atoms. The van der Waals surface area contributed by atoms with Gasteiger partial charge in [0.2, 0.25) is 0 Å². The Bertz CT molecular complexity index is 1120. The minimum absolute atomic E-state index is 0.101. The van der Waals surface area contributed by atoms with E-state index >= 15 is 0 Å². The molecule has 1 atom stereocenters. The predicted octanol–water partition coefficient (Wildman–Crippen LogP) is 3.55. The highest BCUT2D eigenvalue weighted by Gasteiger charge is 2.46. The summed E-state index contributed by atoms with van der Waals surface area (Å²) < 4.78 is 16.3. The van der Waals surface area contributed by atoms with E-state index in [1.807, 2.05) is 38.1 Å². The quantitative estimate of drug-likeness (QED) is 0.324. The van der Waals surface area contributed by atoms with Crippen molar-refractivity contribution in [1.29, 1.82) is 0 Å². The number of ether oxygens (including phenoxy) is 3. The van der Waals surface area contributed by atoms with Gasteiger partial charge in [0.25, 0.3) is 11.7 Å². The molecule has 4 rings (SSSR count). The number of benzene rings is 2. The molecule has 0 saturated carbocycles. The average molecular weight is 495 g/mol. The third-order valence-corrected chi connectivity index (χ3v) is 6.71. The van der Waals surface area contributed by atoms with Crippen LogP contribution in [0.1, 0.15) is 36.1 Å². The molecule has 2 aliphatic rings. The molecule has 2 heterocycles. The average Bonchev–Trinajstić information content (AvgIpc) is 3.14. The lowest BCUT2D eigenvalue weighted by Gasteiger charge is -2.29. The summed E-state index contributed by atoms with van der Waals surface area (Å²) >= 11 is 0. The summed E-state index contributed by atoms with van der Waals surface area (Å²) in [6.07, 6.45) is 0.710. The zero-order chi connectivity index (χ0) is 25.7. The number of hydrogen-bond donors (Lipinski definition) is 1. The molecule has 36 heavy (non-hydrogen) atoms. The summed E-state index contributed by atoms with van der Waals surface area (Å²) in [5.74, 6) is -0.0909. The SMILES string of the molecule is CCOc1ccc([C@H]2C(=C(O)c3ccc(OC)cc3C)C(=O)C(=O)N2CCCN2CCOCC2)cc1. The number of methoxy groups -OCH3 is 1. The maximum atomic E-state index is 13.3. The zero-order valence-corrected chi connectivity index (χ0v) is 21.2. The number of aliphatic hydroxyl groups is 1. The van der Waals surface area contributed by atoms with Crippen LogP contribution in [0.15, 0.2) is 48.0 Å². The Balaban J connectivity index is 1.69. The van der Waals surface area contributed by atoms with Crippen LogP contribution in [0.25, 0.3) is 5.76 Å². The number of likely N-dealkylation sites (tertiary alicyclic amines) is 1. The number of morpholine rings is 1. The molecule has 1 N–H and O–H groups in total. The Hall–Kier alpha value is -3.36. The lowest BCUT2D eigenvalue weighted by Crippen LogP contribution is -2.38. The molecule has 2 fully saturated rings. The van der Waals surface area contributed by atoms with Gasteiger partial charge in [0.1, 0.15) is 17.3 Å². The molecule has 192 valence electrons. The molecule has 0 aliphatic carbocycles. The maximum absolute atomic E-state index is 13.3. The van der Waals surface area contributed by atoms with Crippen LogP contribution < -0.4 is 9.47 Å². The molecule has 0 radical (unpaired) electrons. The smallest absolute Gasteiger partial charge is 0.295 e. The molecule has 8 heteroatoms. The normalized spacial score (nSPS) is 20.1. The van der Waals surface area contributed by atoms with Gasteiger partial charge in [-0.3, -0.25) is 14.5 Å². The standard InChI is InChI=1S/C28H34N2O6/c1-4-36-21-8-6-20(7-9-21)25-24(26(31)23-11-10-22(34-3)18-19(23)2)27(32)28(33)30(25)13-5-12-29-14-16-35-17-15-29/h6-11,18,25,31H,4-5,12-17H2,1-3H3/t25-/m0/s1. The van der Waals surface area contributed by atoms with Gasteiger partial charge in [0.05, 0.1) is 38.5 Å². The van der Waals surface area contributed by atoms with Gasteiger partial charge in [-0.25, -0.2) is 0 Å². The van der Waals surface area contributed by atoms with Crippen molar-refractivity contribution in [3.8, 4) is 11.5 Å². The molecule has 2 aliphatic heterocycles. The number of aryl methyl sites for hydroxylation is 1. The molecule has 2 aromatic rings. The summed E-state index contributed by atoms with van der Waals surface area (Å²) in [6, 6.07) is 11.9. The molecule has 2 aromatic carbocycles. The van der Waals surface area contributed by atoms with E-state index < -0.39 is 17.7 Å². The van der Waals surface area contributed by atoms with Gasteiger partial charge in [-0.2, -0.15) is 0 Å². The lowest BCUT2D eigenvalue weighted by molar-refractivity contribution is -0.140. The Labute approximate surface area is 212 Å². The van der Waals surface area contributed by atoms with Crippen LogP contribution in [0.4, 0.5) is 0 Å². The summed E-state index contributed by atoms with van der Waals surface area (Å²) in [7, 11) is 1.57. The monoisotopic (exact) mass is 494 g/mol. The molecule has 1 amide bonds. The fourth-order valence-corrected chi connectivity index (χ4v) is 4.83. The van der Waals surface area contributed by atoms with E-state index in [1.165, 1.54) is 0 Å². The largest absolute Gasteiger partial charge is 0.507 e. The maximum Gasteiger partial charge on any atom is 0.295 e. The van der Waals surface area contributed by atoms with E-state index in [9.17, 15) is 14.7 Å². The highest BCUT2D eigenvalue weighted by Crippen LogP contribution is 2.40. The van der Waals surface area contributed by atoms with Crippen molar-refractivity contribution in [3.05, 3.63) is 64.7 Å². The Morgan fingerprint density at radius 3 is 2.39 bits per heavy atom. The van der Waals surface area contributed by atoms with E-state index in [4.69, 9.17) is 14.2 Å². The molecule has 0 aromatic heterocycles. The van der Waals surface area contributed by atoms with E-state index in [2.05, 4.69) is 4.90 Å². The molecule has 8 nitrogen and oxygen atoms in total. The van der Waals surface area contributed by atoms with E-state index in [0.717, 1.165) is 30.8 Å². The van der Waals surface area contributed by atoms with Gasteiger partial charge in [0.15, 0.2) is 0 Å². The number of carbonyl (C=O) groups is 2. The first kappa shape index (κ1) is 25.7. The number of rotatable bonds is 9. The molecule has 0 unspecified atom stereocenters. The fourth-order valence-electron chi connectivity index (χ4n) is 4.83. The third-order valence-electron chi connectivity index (χ3n) is 6.71. The van der Waals surface area contributed by atoms with Gasteiger partial charge in [-0.05, 0) is 61.7 Å². The zero-order valence-electron chi connectivity index (χ0n) is 21.2. The molecular weight excluding hydrogens is 460 g/mol. The highest BCUT2D eigenvalue weighted by atomic mass is 16.5. The highest BCUT2D eigenvalue weighted by molar-refractivity contribution is 6.46. The summed E-state index contributed by atoms with van der Waals surface area (Å²) in [5.41, 5.74) is 2.09. The summed E-state index contributed by atoms with van der Waals surface area (Å²) in [4.78, 5) is 30.4. The Morgan fingerprint density at radius 2 is 1.75 bits per heavy atom. The topological polar surface area (TPSA) is 88.5 Å². The van der Waals surface area contributed by atoms with E-state index in [0.29, 0.717) is 49.8 Å². The molecule has 0 spiro atoms. The van der Waals surface area contributed by atoms with Crippen LogP contribution in [0.5, 0.6) is 11.5 Å². The summed E-state index contributed by atoms with van der Waals surface area (Å²) in [5, 5.41) is 11.4. The number of ketones is 1. The molecule has 2 saturated heterocycles. The van der Waals surface area contributed by atoms with Crippen molar-refractivity contribution in [1.82, 2.24) is 9.80 Å². The number of aliphatic hydroxyl groups excluding tert-OH is 1. The van der Waals surface area contributed by atoms with E-state index in [-0.39, 0.29) is 11.3 Å². The number of amides is 1. The summed E-state index contributed by atoms with van der Waals surface area (Å²) in [6.45, 7) is 8.62. The number of Topliss-reactive ketones (excluding diaryl/α,β-unsaturated/α-hetero) is 1. The molecular formula is C28H34N2O6. The van der Waals surface area contributed by atoms with Crippen molar-refractivity contribution in [2.45, 2.75) is 26.3 Å². The van der Waals surface area contributed by atoms with E-state index in [1.54, 1.807) is 30.2 Å².